The molecule has 31 heavy (non-hydrogen) atoms. The summed E-state index contributed by atoms with van der Waals surface area (Å²) in [5, 5.41) is 5.84. The number of thiophene rings is 1. The van der Waals surface area contributed by atoms with Crippen molar-refractivity contribution in [3.63, 3.8) is 0 Å². The summed E-state index contributed by atoms with van der Waals surface area (Å²) in [7, 11) is 0. The molecule has 4 rings (SSSR count). The van der Waals surface area contributed by atoms with Gasteiger partial charge in [-0.1, -0.05) is 55.8 Å². The fourth-order valence-corrected chi connectivity index (χ4v) is 4.45. The quantitative estimate of drug-likeness (QED) is 0.414. The predicted molar refractivity (Wildman–Crippen MR) is 128 cm³/mol. The predicted octanol–water partition coefficient (Wildman–Crippen LogP) is 5.85. The van der Waals surface area contributed by atoms with Crippen molar-refractivity contribution < 1.29 is 4.79 Å². The van der Waals surface area contributed by atoms with Crippen molar-refractivity contribution in [3.8, 4) is 11.1 Å². The fraction of sp³-hybridized carbons (Fsp3) is 0.208. The lowest BCUT2D eigenvalue weighted by atomic mass is 9.99. The molecule has 0 aliphatic carbocycles. The van der Waals surface area contributed by atoms with E-state index in [0.29, 0.717) is 26.8 Å². The molecule has 0 atom stereocenters. The molecule has 5 nitrogen and oxygen atoms in total. The Bertz CT molecular complexity index is 1320. The number of hydrogen-bond acceptors (Lipinski definition) is 4. The Balaban J connectivity index is 1.63. The van der Waals surface area contributed by atoms with Crippen LogP contribution in [0.15, 0.2) is 59.0 Å². The van der Waals surface area contributed by atoms with Crippen LogP contribution >= 0.6 is 22.9 Å². The van der Waals surface area contributed by atoms with E-state index in [4.69, 9.17) is 11.6 Å². The van der Waals surface area contributed by atoms with E-state index >= 15 is 0 Å². The van der Waals surface area contributed by atoms with Gasteiger partial charge in [-0.3, -0.25) is 14.2 Å². The number of hydrogen-bond donors (Lipinski definition) is 1. The summed E-state index contributed by atoms with van der Waals surface area (Å²) in [6, 6.07) is 13.5. The number of fused-ring (bicyclic) bond motifs is 1. The number of nitrogens with one attached hydrogen (secondary N) is 1. The molecule has 2 heterocycles. The number of benzene rings is 2. The second kappa shape index (κ2) is 8.65. The number of anilines is 1. The standard InChI is InChI=1S/C24H22ClN3O2S/c1-14(2)16-5-7-17(8-6-16)19-12-31-23-22(19)24(30)28(13-26-23)11-21(29)27-18-9-4-15(3)20(25)10-18/h4-10,12-14H,11H2,1-3H3,(H,27,29). The fourth-order valence-electron chi connectivity index (χ4n) is 3.37. The number of carbonyl (C=O) groups is 1. The zero-order valence-electron chi connectivity index (χ0n) is 17.5. The molecule has 0 fully saturated rings. The largest absolute Gasteiger partial charge is 0.324 e. The Labute approximate surface area is 189 Å². The van der Waals surface area contributed by atoms with E-state index < -0.39 is 0 Å². The number of amides is 1. The molecular weight excluding hydrogens is 430 g/mol. The average Bonchev–Trinajstić information content (AvgIpc) is 3.18. The van der Waals surface area contributed by atoms with Crippen LogP contribution in [-0.4, -0.2) is 15.5 Å². The van der Waals surface area contributed by atoms with Gasteiger partial charge in [-0.25, -0.2) is 4.98 Å². The SMILES string of the molecule is Cc1ccc(NC(=O)Cn2cnc3scc(-c4ccc(C(C)C)cc4)c3c2=O)cc1Cl. The molecule has 0 saturated heterocycles. The number of nitrogens with zero attached hydrogens (tertiary/aromatic N) is 2. The maximum absolute atomic E-state index is 13.2. The van der Waals surface area contributed by atoms with Crippen molar-refractivity contribution in [1.29, 1.82) is 0 Å². The Morgan fingerprint density at radius 1 is 1.19 bits per heavy atom. The lowest BCUT2D eigenvalue weighted by Gasteiger charge is -2.09. The van der Waals surface area contributed by atoms with E-state index in [9.17, 15) is 9.59 Å². The summed E-state index contributed by atoms with van der Waals surface area (Å²) in [5.74, 6) is 0.121. The van der Waals surface area contributed by atoms with Crippen molar-refractivity contribution in [2.45, 2.75) is 33.2 Å². The summed E-state index contributed by atoms with van der Waals surface area (Å²) in [6.07, 6.45) is 1.43. The highest BCUT2D eigenvalue weighted by Crippen LogP contribution is 2.31. The second-order valence-electron chi connectivity index (χ2n) is 7.80. The third-order valence-electron chi connectivity index (χ3n) is 5.22. The second-order valence-corrected chi connectivity index (χ2v) is 9.06. The normalized spacial score (nSPS) is 11.3. The molecule has 0 spiro atoms. The Hall–Kier alpha value is -2.96. The molecule has 2 aromatic carbocycles. The molecule has 2 aromatic heterocycles. The molecule has 0 bridgehead atoms. The van der Waals surface area contributed by atoms with Gasteiger partial charge in [0.25, 0.3) is 5.56 Å². The summed E-state index contributed by atoms with van der Waals surface area (Å²) >= 11 is 7.55. The molecule has 0 saturated carbocycles. The third-order valence-corrected chi connectivity index (χ3v) is 6.51. The summed E-state index contributed by atoms with van der Waals surface area (Å²) in [4.78, 5) is 30.8. The van der Waals surface area contributed by atoms with Crippen LogP contribution < -0.4 is 10.9 Å². The highest BCUT2D eigenvalue weighted by molar-refractivity contribution is 7.17. The van der Waals surface area contributed by atoms with Gasteiger partial charge in [0.1, 0.15) is 11.4 Å². The summed E-state index contributed by atoms with van der Waals surface area (Å²) in [6.45, 7) is 6.05. The summed E-state index contributed by atoms with van der Waals surface area (Å²) < 4.78 is 1.34. The van der Waals surface area contributed by atoms with Gasteiger partial charge >= 0.3 is 0 Å². The van der Waals surface area contributed by atoms with E-state index in [1.807, 2.05) is 30.5 Å². The number of aryl methyl sites for hydroxylation is 1. The Morgan fingerprint density at radius 2 is 1.94 bits per heavy atom. The average molecular weight is 452 g/mol. The van der Waals surface area contributed by atoms with Gasteiger partial charge in [-0.2, -0.15) is 0 Å². The first-order chi connectivity index (χ1) is 14.8. The minimum atomic E-state index is -0.318. The highest BCUT2D eigenvalue weighted by Gasteiger charge is 2.15. The topological polar surface area (TPSA) is 64.0 Å². The molecule has 0 unspecified atom stereocenters. The molecular formula is C24H22ClN3O2S. The number of rotatable bonds is 5. The van der Waals surface area contributed by atoms with Gasteiger partial charge in [-0.05, 0) is 41.7 Å². The van der Waals surface area contributed by atoms with Gasteiger partial charge < -0.3 is 5.32 Å². The first-order valence-corrected chi connectivity index (χ1v) is 11.2. The van der Waals surface area contributed by atoms with Crippen LogP contribution in [0.5, 0.6) is 0 Å². The number of aromatic nitrogens is 2. The molecule has 4 aromatic rings. The highest BCUT2D eigenvalue weighted by atomic mass is 35.5. The molecule has 0 aliphatic rings. The van der Waals surface area contributed by atoms with Gasteiger partial charge in [0.2, 0.25) is 5.91 Å². The smallest absolute Gasteiger partial charge is 0.263 e. The first kappa shape index (κ1) is 21.3. The van der Waals surface area contributed by atoms with Crippen LogP contribution in [0.25, 0.3) is 21.3 Å². The van der Waals surface area contributed by atoms with Crippen molar-refractivity contribution in [2.75, 3.05) is 5.32 Å². The Kier molecular flexibility index (Phi) is 5.94. The lowest BCUT2D eigenvalue weighted by molar-refractivity contribution is -0.116. The zero-order valence-corrected chi connectivity index (χ0v) is 19.1. The van der Waals surface area contributed by atoms with Gasteiger partial charge in [0.05, 0.1) is 11.7 Å². The third kappa shape index (κ3) is 4.40. The number of carbonyl (C=O) groups excluding carboxylic acids is 1. The van der Waals surface area contributed by atoms with E-state index in [0.717, 1.165) is 16.7 Å². The van der Waals surface area contributed by atoms with Gasteiger partial charge in [0, 0.05) is 21.7 Å². The maximum Gasteiger partial charge on any atom is 0.263 e. The van der Waals surface area contributed by atoms with Crippen LogP contribution in [0.3, 0.4) is 0 Å². The van der Waals surface area contributed by atoms with Gasteiger partial charge in [0.15, 0.2) is 0 Å². The lowest BCUT2D eigenvalue weighted by Crippen LogP contribution is -2.27. The van der Waals surface area contributed by atoms with Crippen LogP contribution in [0.4, 0.5) is 5.69 Å². The van der Waals surface area contributed by atoms with Crippen LogP contribution in [0.1, 0.15) is 30.9 Å². The van der Waals surface area contributed by atoms with Gasteiger partial charge in [-0.15, -0.1) is 11.3 Å². The molecule has 158 valence electrons. The van der Waals surface area contributed by atoms with E-state index in [1.54, 1.807) is 12.1 Å². The molecule has 1 amide bonds. The van der Waals surface area contributed by atoms with Crippen LogP contribution in [0.2, 0.25) is 5.02 Å². The van der Waals surface area contributed by atoms with Crippen LogP contribution in [0, 0.1) is 6.92 Å². The molecule has 1 N–H and O–H groups in total. The van der Waals surface area contributed by atoms with Crippen LogP contribution in [-0.2, 0) is 11.3 Å². The molecule has 7 heteroatoms. The summed E-state index contributed by atoms with van der Waals surface area (Å²) in [5.41, 5.74) is 4.33. The Morgan fingerprint density at radius 3 is 2.61 bits per heavy atom. The van der Waals surface area contributed by atoms with Crippen molar-refractivity contribution in [3.05, 3.63) is 80.7 Å². The van der Waals surface area contributed by atoms with Crippen molar-refractivity contribution >= 4 is 44.7 Å². The van der Waals surface area contributed by atoms with E-state index in [1.165, 1.54) is 27.8 Å². The van der Waals surface area contributed by atoms with E-state index in [-0.39, 0.29) is 18.0 Å². The van der Waals surface area contributed by atoms with Crippen molar-refractivity contribution in [2.24, 2.45) is 0 Å². The minimum Gasteiger partial charge on any atom is -0.324 e. The first-order valence-electron chi connectivity index (χ1n) is 9.96. The number of halogens is 1. The van der Waals surface area contributed by atoms with Crippen molar-refractivity contribution in [1.82, 2.24) is 9.55 Å². The zero-order chi connectivity index (χ0) is 22.1. The monoisotopic (exact) mass is 451 g/mol. The minimum absolute atomic E-state index is 0.130. The maximum atomic E-state index is 13.2. The van der Waals surface area contributed by atoms with E-state index in [2.05, 4.69) is 36.3 Å². The molecule has 0 aliphatic heterocycles. The molecule has 0 radical (unpaired) electrons.